The molecule has 0 fully saturated rings. The zero-order valence-electron chi connectivity index (χ0n) is 14.7. The van der Waals surface area contributed by atoms with E-state index in [0.29, 0.717) is 27.2 Å². The van der Waals surface area contributed by atoms with Gasteiger partial charge in [0, 0.05) is 30.1 Å². The Morgan fingerprint density at radius 2 is 2.00 bits per heavy atom. The highest BCUT2D eigenvalue weighted by Gasteiger charge is 2.14. The number of halogens is 2. The molecule has 138 valence electrons. The van der Waals surface area contributed by atoms with Crippen LogP contribution in [0.25, 0.3) is 22.5 Å². The first-order chi connectivity index (χ1) is 13.0. The van der Waals surface area contributed by atoms with Gasteiger partial charge in [-0.15, -0.1) is 0 Å². The average Bonchev–Trinajstić information content (AvgIpc) is 3.17. The second-order valence-corrected chi connectivity index (χ2v) is 5.97. The van der Waals surface area contributed by atoms with E-state index in [2.05, 4.69) is 22.0 Å². The van der Waals surface area contributed by atoms with Crippen LogP contribution in [0.1, 0.15) is 17.7 Å². The third kappa shape index (κ3) is 4.25. The molecule has 0 aliphatic rings. The molecular formula is C20H18F2N4O. The molecule has 0 aliphatic heterocycles. The van der Waals surface area contributed by atoms with E-state index in [9.17, 15) is 13.6 Å². The number of amides is 1. The van der Waals surface area contributed by atoms with Crippen LogP contribution in [-0.2, 0) is 11.3 Å². The number of benzene rings is 1. The molecule has 0 unspecified atom stereocenters. The fourth-order valence-electron chi connectivity index (χ4n) is 2.59. The highest BCUT2D eigenvalue weighted by Crippen LogP contribution is 2.28. The number of nitrogens with one attached hydrogen (secondary N) is 1. The summed E-state index contributed by atoms with van der Waals surface area (Å²) in [5.41, 5.74) is 4.39. The van der Waals surface area contributed by atoms with E-state index >= 15 is 0 Å². The Morgan fingerprint density at radius 3 is 2.63 bits per heavy atom. The zero-order valence-corrected chi connectivity index (χ0v) is 14.7. The molecule has 3 rings (SSSR count). The Balaban J connectivity index is 2.03. The number of hydrogen-bond acceptors (Lipinski definition) is 3. The van der Waals surface area contributed by atoms with Crippen molar-refractivity contribution in [3.8, 4) is 22.5 Å². The van der Waals surface area contributed by atoms with Crippen molar-refractivity contribution in [3.63, 3.8) is 0 Å². The SMILES string of the molecule is C=CC(=O)NCc1cnc(-c2ccc(C)cc2)cc1-c1ccn(C(F)F)n1. The lowest BCUT2D eigenvalue weighted by atomic mass is 10.0. The summed E-state index contributed by atoms with van der Waals surface area (Å²) in [6.45, 7) is 2.86. The Bertz CT molecular complexity index is 964. The maximum absolute atomic E-state index is 12.9. The summed E-state index contributed by atoms with van der Waals surface area (Å²) in [5.74, 6) is -0.332. The van der Waals surface area contributed by atoms with Crippen LogP contribution in [0.3, 0.4) is 0 Å². The van der Waals surface area contributed by atoms with Crippen molar-refractivity contribution in [1.29, 1.82) is 0 Å². The van der Waals surface area contributed by atoms with Gasteiger partial charge in [0.25, 0.3) is 0 Å². The Labute approximate surface area is 155 Å². The molecule has 3 aromatic rings. The topological polar surface area (TPSA) is 59.8 Å². The van der Waals surface area contributed by atoms with Crippen molar-refractivity contribution in [3.05, 3.63) is 72.6 Å². The number of carbonyl (C=O) groups excluding carboxylic acids is 1. The average molecular weight is 368 g/mol. The highest BCUT2D eigenvalue weighted by atomic mass is 19.3. The van der Waals surface area contributed by atoms with Crippen LogP contribution in [0.4, 0.5) is 8.78 Å². The number of hydrogen-bond donors (Lipinski definition) is 1. The van der Waals surface area contributed by atoms with Gasteiger partial charge in [0.1, 0.15) is 0 Å². The summed E-state index contributed by atoms with van der Waals surface area (Å²) in [6, 6.07) is 11.1. The van der Waals surface area contributed by atoms with Crippen molar-refractivity contribution in [1.82, 2.24) is 20.1 Å². The van der Waals surface area contributed by atoms with Crippen molar-refractivity contribution < 1.29 is 13.6 Å². The fraction of sp³-hybridized carbons (Fsp3) is 0.150. The lowest BCUT2D eigenvalue weighted by Gasteiger charge is -2.11. The molecule has 2 heterocycles. The monoisotopic (exact) mass is 368 g/mol. The van der Waals surface area contributed by atoms with Gasteiger partial charge in [0.05, 0.1) is 11.4 Å². The van der Waals surface area contributed by atoms with Gasteiger partial charge in [0.2, 0.25) is 5.91 Å². The van der Waals surface area contributed by atoms with E-state index < -0.39 is 6.55 Å². The molecule has 0 spiro atoms. The summed E-state index contributed by atoms with van der Waals surface area (Å²) >= 11 is 0. The Morgan fingerprint density at radius 1 is 1.26 bits per heavy atom. The van der Waals surface area contributed by atoms with Gasteiger partial charge >= 0.3 is 6.55 Å². The first-order valence-corrected chi connectivity index (χ1v) is 8.28. The molecule has 0 saturated heterocycles. The minimum atomic E-state index is -2.72. The third-order valence-corrected chi connectivity index (χ3v) is 4.06. The molecule has 0 radical (unpaired) electrons. The van der Waals surface area contributed by atoms with Gasteiger partial charge in [-0.3, -0.25) is 9.78 Å². The van der Waals surface area contributed by atoms with E-state index in [4.69, 9.17) is 0 Å². The Kier molecular flexibility index (Phi) is 5.40. The van der Waals surface area contributed by atoms with E-state index in [1.165, 1.54) is 18.3 Å². The first-order valence-electron chi connectivity index (χ1n) is 8.28. The lowest BCUT2D eigenvalue weighted by molar-refractivity contribution is -0.116. The van der Waals surface area contributed by atoms with Gasteiger partial charge < -0.3 is 5.32 Å². The van der Waals surface area contributed by atoms with Gasteiger partial charge in [-0.2, -0.15) is 13.9 Å². The molecule has 5 nitrogen and oxygen atoms in total. The van der Waals surface area contributed by atoms with Crippen molar-refractivity contribution in [2.24, 2.45) is 0 Å². The molecule has 0 atom stereocenters. The van der Waals surface area contributed by atoms with Gasteiger partial charge in [-0.25, -0.2) is 4.68 Å². The zero-order chi connectivity index (χ0) is 19.4. The van der Waals surface area contributed by atoms with Gasteiger partial charge in [-0.1, -0.05) is 36.4 Å². The molecule has 0 saturated carbocycles. The molecule has 27 heavy (non-hydrogen) atoms. The highest BCUT2D eigenvalue weighted by molar-refractivity contribution is 5.87. The standard InChI is InChI=1S/C20H18F2N4O/c1-3-19(27)24-12-15-11-23-18(14-6-4-13(2)5-7-14)10-16(15)17-8-9-26(25-17)20(21)22/h3-11,20H,1,12H2,2H3,(H,24,27). The molecule has 1 amide bonds. The first kappa shape index (κ1) is 18.4. The summed E-state index contributed by atoms with van der Waals surface area (Å²) in [7, 11) is 0. The maximum Gasteiger partial charge on any atom is 0.333 e. The van der Waals surface area contributed by atoms with Crippen LogP contribution in [-0.4, -0.2) is 20.7 Å². The quantitative estimate of drug-likeness (QED) is 0.666. The van der Waals surface area contributed by atoms with Crippen LogP contribution in [0.5, 0.6) is 0 Å². The second kappa shape index (κ2) is 7.90. The summed E-state index contributed by atoms with van der Waals surface area (Å²) in [5, 5.41) is 6.62. The van der Waals surface area contributed by atoms with Gasteiger partial charge in [-0.05, 0) is 30.7 Å². The van der Waals surface area contributed by atoms with Crippen LogP contribution in [0.15, 0.2) is 61.4 Å². The van der Waals surface area contributed by atoms with E-state index in [1.54, 1.807) is 12.3 Å². The molecule has 1 N–H and O–H groups in total. The molecular weight excluding hydrogens is 350 g/mol. The van der Waals surface area contributed by atoms with Crippen LogP contribution >= 0.6 is 0 Å². The Hall–Kier alpha value is -3.35. The number of aromatic nitrogens is 3. The summed E-state index contributed by atoms with van der Waals surface area (Å²) in [6.07, 6.45) is 4.01. The molecule has 0 aliphatic carbocycles. The van der Waals surface area contributed by atoms with E-state index in [-0.39, 0.29) is 12.5 Å². The third-order valence-electron chi connectivity index (χ3n) is 4.06. The summed E-state index contributed by atoms with van der Waals surface area (Å²) < 4.78 is 26.4. The second-order valence-electron chi connectivity index (χ2n) is 5.97. The van der Waals surface area contributed by atoms with Crippen LogP contribution in [0.2, 0.25) is 0 Å². The summed E-state index contributed by atoms with van der Waals surface area (Å²) in [4.78, 5) is 15.9. The number of nitrogens with zero attached hydrogens (tertiary/aromatic N) is 3. The largest absolute Gasteiger partial charge is 0.348 e. The molecule has 2 aromatic heterocycles. The van der Waals surface area contributed by atoms with E-state index in [0.717, 1.165) is 11.1 Å². The fourth-order valence-corrected chi connectivity index (χ4v) is 2.59. The number of alkyl halides is 2. The number of pyridine rings is 1. The predicted molar refractivity (Wildman–Crippen MR) is 98.9 cm³/mol. The normalized spacial score (nSPS) is 10.8. The number of carbonyl (C=O) groups is 1. The number of aryl methyl sites for hydroxylation is 1. The van der Waals surface area contributed by atoms with Crippen molar-refractivity contribution in [2.75, 3.05) is 0 Å². The minimum absolute atomic E-state index is 0.183. The lowest BCUT2D eigenvalue weighted by Crippen LogP contribution is -2.20. The maximum atomic E-state index is 12.9. The van der Waals surface area contributed by atoms with Crippen molar-refractivity contribution >= 4 is 5.91 Å². The molecule has 1 aromatic carbocycles. The van der Waals surface area contributed by atoms with E-state index in [1.807, 2.05) is 31.2 Å². The van der Waals surface area contributed by atoms with Gasteiger partial charge in [0.15, 0.2) is 0 Å². The molecule has 7 heteroatoms. The molecule has 0 bridgehead atoms. The number of rotatable bonds is 6. The van der Waals surface area contributed by atoms with Crippen LogP contribution < -0.4 is 5.32 Å². The predicted octanol–water partition coefficient (Wildman–Crippen LogP) is 4.12. The van der Waals surface area contributed by atoms with Crippen molar-refractivity contribution in [2.45, 2.75) is 20.0 Å². The smallest absolute Gasteiger partial charge is 0.333 e. The minimum Gasteiger partial charge on any atom is -0.348 e. The van der Waals surface area contributed by atoms with Crippen LogP contribution in [0, 0.1) is 6.92 Å².